The third kappa shape index (κ3) is 4.09. The molecule has 0 heterocycles. The fourth-order valence-electron chi connectivity index (χ4n) is 0.796. The summed E-state index contributed by atoms with van der Waals surface area (Å²) in [5, 5.41) is 12.5. The predicted molar refractivity (Wildman–Crippen MR) is 58.0 cm³/mol. The molecule has 0 fully saturated rings. The maximum atomic E-state index is 11.6. The van der Waals surface area contributed by atoms with E-state index in [1.807, 2.05) is 27.7 Å². The number of hydrogen-bond acceptors (Lipinski definition) is 2. The summed E-state index contributed by atoms with van der Waals surface area (Å²) >= 11 is 0. The largest absolute Gasteiger partial charge is 0.388 e. The molecule has 3 nitrogen and oxygen atoms in total. The lowest BCUT2D eigenvalue weighted by atomic mass is 9.89. The molecule has 2 N–H and O–H groups in total. The second-order valence-corrected chi connectivity index (χ2v) is 4.77. The average Bonchev–Trinajstić information content (AvgIpc) is 2.14. The Hall–Kier alpha value is -0.570. The standard InChI is InChI=1S/C11H23NO2/c1-6-10(3,4)9(13)12-8-11(5,14)7-2/h14H,6-8H2,1-5H3,(H,12,13). The van der Waals surface area contributed by atoms with Gasteiger partial charge in [0, 0.05) is 12.0 Å². The number of carbonyl (C=O) groups excluding carboxylic acids is 1. The van der Waals surface area contributed by atoms with Crippen LogP contribution in [0.2, 0.25) is 0 Å². The maximum Gasteiger partial charge on any atom is 0.225 e. The Kier molecular flexibility index (Phi) is 4.59. The second kappa shape index (κ2) is 4.78. The molecule has 0 aromatic rings. The summed E-state index contributed by atoms with van der Waals surface area (Å²) in [6.07, 6.45) is 1.44. The second-order valence-electron chi connectivity index (χ2n) is 4.77. The van der Waals surface area contributed by atoms with Gasteiger partial charge in [-0.3, -0.25) is 4.79 Å². The Labute approximate surface area is 86.9 Å². The van der Waals surface area contributed by atoms with Crippen LogP contribution in [0.25, 0.3) is 0 Å². The molecule has 1 unspecified atom stereocenters. The molecule has 0 aliphatic rings. The van der Waals surface area contributed by atoms with E-state index in [0.29, 0.717) is 13.0 Å². The van der Waals surface area contributed by atoms with Crippen LogP contribution < -0.4 is 5.32 Å². The molecule has 14 heavy (non-hydrogen) atoms. The molecule has 0 saturated carbocycles. The van der Waals surface area contributed by atoms with Crippen molar-refractivity contribution in [1.29, 1.82) is 0 Å². The number of rotatable bonds is 5. The SMILES string of the molecule is CCC(C)(O)CNC(=O)C(C)(C)CC. The normalized spacial score (nSPS) is 16.1. The first kappa shape index (κ1) is 13.4. The fourth-order valence-corrected chi connectivity index (χ4v) is 0.796. The van der Waals surface area contributed by atoms with Crippen LogP contribution >= 0.6 is 0 Å². The number of amides is 1. The van der Waals surface area contributed by atoms with E-state index in [-0.39, 0.29) is 11.3 Å². The van der Waals surface area contributed by atoms with Crippen molar-refractivity contribution in [2.45, 2.75) is 53.1 Å². The van der Waals surface area contributed by atoms with Crippen LogP contribution in [0.15, 0.2) is 0 Å². The quantitative estimate of drug-likeness (QED) is 0.711. The summed E-state index contributed by atoms with van der Waals surface area (Å²) in [5.74, 6) is 0.00808. The van der Waals surface area contributed by atoms with Gasteiger partial charge in [-0.25, -0.2) is 0 Å². The molecule has 0 spiro atoms. The van der Waals surface area contributed by atoms with Gasteiger partial charge in [-0.15, -0.1) is 0 Å². The van der Waals surface area contributed by atoms with Gasteiger partial charge < -0.3 is 10.4 Å². The van der Waals surface area contributed by atoms with Gasteiger partial charge in [-0.05, 0) is 19.8 Å². The predicted octanol–water partition coefficient (Wildman–Crippen LogP) is 1.70. The lowest BCUT2D eigenvalue weighted by molar-refractivity contribution is -0.130. The van der Waals surface area contributed by atoms with Gasteiger partial charge in [0.05, 0.1) is 5.60 Å². The van der Waals surface area contributed by atoms with Crippen LogP contribution in [0.5, 0.6) is 0 Å². The van der Waals surface area contributed by atoms with E-state index in [0.717, 1.165) is 6.42 Å². The van der Waals surface area contributed by atoms with Crippen LogP contribution in [0, 0.1) is 5.41 Å². The minimum absolute atomic E-state index is 0.00808. The fraction of sp³-hybridized carbons (Fsp3) is 0.909. The van der Waals surface area contributed by atoms with Crippen LogP contribution in [-0.4, -0.2) is 23.2 Å². The van der Waals surface area contributed by atoms with Gasteiger partial charge in [0.15, 0.2) is 0 Å². The van der Waals surface area contributed by atoms with Crippen LogP contribution in [-0.2, 0) is 4.79 Å². The van der Waals surface area contributed by atoms with Gasteiger partial charge >= 0.3 is 0 Å². The van der Waals surface area contributed by atoms with E-state index in [9.17, 15) is 9.90 Å². The van der Waals surface area contributed by atoms with Crippen LogP contribution in [0.4, 0.5) is 0 Å². The van der Waals surface area contributed by atoms with E-state index in [2.05, 4.69) is 5.32 Å². The molecule has 0 radical (unpaired) electrons. The van der Waals surface area contributed by atoms with Crippen LogP contribution in [0.1, 0.15) is 47.5 Å². The molecule has 0 aliphatic heterocycles. The third-order valence-corrected chi connectivity index (χ3v) is 2.89. The first-order valence-electron chi connectivity index (χ1n) is 5.26. The van der Waals surface area contributed by atoms with Crippen molar-refractivity contribution in [2.24, 2.45) is 5.41 Å². The molecule has 1 amide bonds. The highest BCUT2D eigenvalue weighted by Crippen LogP contribution is 2.19. The van der Waals surface area contributed by atoms with Crippen molar-refractivity contribution >= 4 is 5.91 Å². The lowest BCUT2D eigenvalue weighted by Crippen LogP contribution is -2.44. The minimum Gasteiger partial charge on any atom is -0.388 e. The summed E-state index contributed by atoms with van der Waals surface area (Å²) in [7, 11) is 0. The summed E-state index contributed by atoms with van der Waals surface area (Å²) in [5.41, 5.74) is -1.14. The monoisotopic (exact) mass is 201 g/mol. The van der Waals surface area contributed by atoms with E-state index in [1.54, 1.807) is 6.92 Å². The van der Waals surface area contributed by atoms with Crippen molar-refractivity contribution < 1.29 is 9.90 Å². The number of nitrogens with one attached hydrogen (secondary N) is 1. The molecule has 84 valence electrons. The lowest BCUT2D eigenvalue weighted by Gasteiger charge is -2.26. The number of carbonyl (C=O) groups is 1. The molecule has 1 atom stereocenters. The highest BCUT2D eigenvalue weighted by Gasteiger charge is 2.27. The zero-order valence-corrected chi connectivity index (χ0v) is 9.98. The Morgan fingerprint density at radius 1 is 1.21 bits per heavy atom. The van der Waals surface area contributed by atoms with Crippen molar-refractivity contribution in [2.75, 3.05) is 6.54 Å². The summed E-state index contributed by atoms with van der Waals surface area (Å²) in [6, 6.07) is 0. The van der Waals surface area contributed by atoms with Gasteiger partial charge in [0.2, 0.25) is 5.91 Å². The van der Waals surface area contributed by atoms with Gasteiger partial charge in [0.1, 0.15) is 0 Å². The molecule has 0 saturated heterocycles. The van der Waals surface area contributed by atoms with Crippen molar-refractivity contribution in [3.05, 3.63) is 0 Å². The number of hydrogen-bond donors (Lipinski definition) is 2. The Balaban J connectivity index is 4.10. The first-order chi connectivity index (χ1) is 6.25. The summed E-state index contributed by atoms with van der Waals surface area (Å²) in [4.78, 5) is 11.6. The minimum atomic E-state index is -0.792. The average molecular weight is 201 g/mol. The van der Waals surface area contributed by atoms with E-state index in [4.69, 9.17) is 0 Å². The molecule has 0 rings (SSSR count). The Bertz CT molecular complexity index is 197. The van der Waals surface area contributed by atoms with Gasteiger partial charge in [-0.2, -0.15) is 0 Å². The zero-order chi connectivity index (χ0) is 11.4. The molecule has 0 aromatic carbocycles. The molecule has 0 bridgehead atoms. The van der Waals surface area contributed by atoms with E-state index in [1.165, 1.54) is 0 Å². The highest BCUT2D eigenvalue weighted by atomic mass is 16.3. The zero-order valence-electron chi connectivity index (χ0n) is 9.98. The smallest absolute Gasteiger partial charge is 0.225 e. The molecule has 3 heteroatoms. The Morgan fingerprint density at radius 3 is 2.07 bits per heavy atom. The molecule has 0 aliphatic carbocycles. The number of aliphatic hydroxyl groups is 1. The van der Waals surface area contributed by atoms with Gasteiger partial charge in [-0.1, -0.05) is 27.7 Å². The Morgan fingerprint density at radius 2 is 1.71 bits per heavy atom. The van der Waals surface area contributed by atoms with Crippen LogP contribution in [0.3, 0.4) is 0 Å². The summed E-state index contributed by atoms with van der Waals surface area (Å²) in [6.45, 7) is 9.75. The van der Waals surface area contributed by atoms with E-state index >= 15 is 0 Å². The van der Waals surface area contributed by atoms with Crippen molar-refractivity contribution in [3.63, 3.8) is 0 Å². The van der Waals surface area contributed by atoms with Crippen molar-refractivity contribution in [1.82, 2.24) is 5.32 Å². The molecule has 0 aromatic heterocycles. The molecular weight excluding hydrogens is 178 g/mol. The topological polar surface area (TPSA) is 49.3 Å². The summed E-state index contributed by atoms with van der Waals surface area (Å²) < 4.78 is 0. The maximum absolute atomic E-state index is 11.6. The van der Waals surface area contributed by atoms with Crippen molar-refractivity contribution in [3.8, 4) is 0 Å². The highest BCUT2D eigenvalue weighted by molar-refractivity contribution is 5.81. The van der Waals surface area contributed by atoms with E-state index < -0.39 is 5.60 Å². The van der Waals surface area contributed by atoms with Gasteiger partial charge in [0.25, 0.3) is 0 Å². The third-order valence-electron chi connectivity index (χ3n) is 2.89. The molecular formula is C11H23NO2. The first-order valence-corrected chi connectivity index (χ1v) is 5.26.